The first-order valence-electron chi connectivity index (χ1n) is 7.49. The van der Waals surface area contributed by atoms with Crippen molar-refractivity contribution in [3.63, 3.8) is 0 Å². The molecule has 2 bridgehead atoms. The lowest BCUT2D eigenvalue weighted by Gasteiger charge is -2.37. The van der Waals surface area contributed by atoms with Gasteiger partial charge in [0.05, 0.1) is 17.5 Å². The number of allylic oxidation sites excluding steroid dienone is 2. The van der Waals surface area contributed by atoms with Crippen molar-refractivity contribution in [2.24, 2.45) is 35.5 Å². The number of amides is 2. The van der Waals surface area contributed by atoms with Crippen LogP contribution >= 0.6 is 15.9 Å². The Morgan fingerprint density at radius 2 is 1.52 bits per heavy atom. The highest BCUT2D eigenvalue weighted by Crippen LogP contribution is 2.65. The fraction of sp³-hybridized carbons (Fsp3) is 0.412. The number of imide groups is 1. The third kappa shape index (κ3) is 1.39. The zero-order valence-electron chi connectivity index (χ0n) is 11.3. The summed E-state index contributed by atoms with van der Waals surface area (Å²) < 4.78 is 0.802. The first-order chi connectivity index (χ1) is 10.2. The second-order valence-corrected chi connectivity index (χ2v) is 7.47. The molecule has 0 spiro atoms. The van der Waals surface area contributed by atoms with E-state index >= 15 is 0 Å². The van der Waals surface area contributed by atoms with E-state index in [9.17, 15) is 9.59 Å². The Morgan fingerprint density at radius 3 is 2.10 bits per heavy atom. The first kappa shape index (κ1) is 12.2. The highest BCUT2D eigenvalue weighted by atomic mass is 79.9. The number of para-hydroxylation sites is 1. The molecule has 3 nitrogen and oxygen atoms in total. The summed E-state index contributed by atoms with van der Waals surface area (Å²) in [5, 5.41) is 0. The fourth-order valence-corrected chi connectivity index (χ4v) is 5.29. The SMILES string of the molecule is O=C1[C@@H]2[C@H]3C=C[C@@H]([C@@H]4C[C@H]34)[C@@H]2C(=O)N1c1ccccc1Br. The van der Waals surface area contributed by atoms with Crippen LogP contribution in [-0.4, -0.2) is 11.8 Å². The zero-order valence-corrected chi connectivity index (χ0v) is 12.9. The van der Waals surface area contributed by atoms with Gasteiger partial charge < -0.3 is 0 Å². The third-order valence-corrected chi connectivity index (χ3v) is 6.43. The lowest BCUT2D eigenvalue weighted by Crippen LogP contribution is -2.40. The van der Waals surface area contributed by atoms with Gasteiger partial charge in [0.2, 0.25) is 11.8 Å². The van der Waals surface area contributed by atoms with Gasteiger partial charge >= 0.3 is 0 Å². The molecule has 2 saturated carbocycles. The molecular weight excluding hydrogens is 330 g/mol. The number of rotatable bonds is 1. The summed E-state index contributed by atoms with van der Waals surface area (Å²) in [5.74, 6) is 1.63. The smallest absolute Gasteiger partial charge is 0.238 e. The number of hydrogen-bond acceptors (Lipinski definition) is 2. The maximum Gasteiger partial charge on any atom is 0.238 e. The van der Waals surface area contributed by atoms with E-state index in [4.69, 9.17) is 0 Å². The molecule has 0 aromatic heterocycles. The molecule has 5 aliphatic rings. The molecule has 1 heterocycles. The number of halogens is 1. The standard InChI is InChI=1S/C17H14BrNO2/c18-12-3-1-2-4-13(12)19-16(20)14-8-5-6-9(11-7-10(8)11)15(14)17(19)21/h1-6,8-11,14-15H,7H2/t8-,9-,10-,11+,14-,15+/m0/s1. The van der Waals surface area contributed by atoms with Crippen molar-refractivity contribution in [1.29, 1.82) is 0 Å². The van der Waals surface area contributed by atoms with Crippen LogP contribution in [0.3, 0.4) is 0 Å². The molecule has 6 atom stereocenters. The molecule has 1 saturated heterocycles. The predicted molar refractivity (Wildman–Crippen MR) is 81.3 cm³/mol. The van der Waals surface area contributed by atoms with Crippen LogP contribution in [0.15, 0.2) is 40.9 Å². The second kappa shape index (κ2) is 3.86. The number of nitrogens with zero attached hydrogens (tertiary/aromatic N) is 1. The van der Waals surface area contributed by atoms with Crippen LogP contribution in [0.2, 0.25) is 0 Å². The fourth-order valence-electron chi connectivity index (χ4n) is 4.83. The van der Waals surface area contributed by atoms with Crippen LogP contribution in [0.5, 0.6) is 0 Å². The average Bonchev–Trinajstić information content (AvgIpc) is 3.26. The molecular formula is C17H14BrNO2. The molecule has 1 aromatic carbocycles. The van der Waals surface area contributed by atoms with Gasteiger partial charge in [-0.3, -0.25) is 9.59 Å². The van der Waals surface area contributed by atoms with Gasteiger partial charge in [-0.1, -0.05) is 24.3 Å². The minimum atomic E-state index is -0.122. The first-order valence-corrected chi connectivity index (χ1v) is 8.28. The van der Waals surface area contributed by atoms with Crippen LogP contribution in [0.4, 0.5) is 5.69 Å². The Labute approximate surface area is 131 Å². The number of benzene rings is 1. The van der Waals surface area contributed by atoms with Gasteiger partial charge in [0.25, 0.3) is 0 Å². The number of carbonyl (C=O) groups excluding carboxylic acids is 2. The normalized spacial score (nSPS) is 42.2. The second-order valence-electron chi connectivity index (χ2n) is 6.62. The summed E-state index contributed by atoms with van der Waals surface area (Å²) in [6.07, 6.45) is 5.61. The minimum Gasteiger partial charge on any atom is -0.274 e. The minimum absolute atomic E-state index is 0.00148. The van der Waals surface area contributed by atoms with E-state index in [2.05, 4.69) is 28.1 Å². The lowest BCUT2D eigenvalue weighted by molar-refractivity contribution is -0.124. The van der Waals surface area contributed by atoms with Gasteiger partial charge in [0, 0.05) is 4.47 Å². The van der Waals surface area contributed by atoms with Gasteiger partial charge in [-0.15, -0.1) is 0 Å². The molecule has 3 fully saturated rings. The molecule has 4 heteroatoms. The van der Waals surface area contributed by atoms with Crippen molar-refractivity contribution in [2.75, 3.05) is 4.90 Å². The van der Waals surface area contributed by atoms with Crippen LogP contribution in [-0.2, 0) is 9.59 Å². The van der Waals surface area contributed by atoms with Crippen molar-refractivity contribution in [3.05, 3.63) is 40.9 Å². The topological polar surface area (TPSA) is 37.4 Å². The van der Waals surface area contributed by atoms with E-state index in [1.807, 2.05) is 24.3 Å². The van der Waals surface area contributed by atoms with E-state index in [0.717, 1.165) is 4.47 Å². The molecule has 1 aliphatic heterocycles. The largest absolute Gasteiger partial charge is 0.274 e. The molecule has 0 radical (unpaired) electrons. The number of anilines is 1. The van der Waals surface area contributed by atoms with Crippen LogP contribution in [0.1, 0.15) is 6.42 Å². The van der Waals surface area contributed by atoms with Crippen molar-refractivity contribution >= 4 is 33.4 Å². The van der Waals surface area contributed by atoms with Crippen molar-refractivity contribution in [1.82, 2.24) is 0 Å². The molecule has 1 aromatic rings. The highest BCUT2D eigenvalue weighted by Gasteiger charge is 2.67. The summed E-state index contributed by atoms with van der Waals surface area (Å²) in [5.41, 5.74) is 0.690. The van der Waals surface area contributed by atoms with Gasteiger partial charge in [-0.25, -0.2) is 4.90 Å². The zero-order chi connectivity index (χ0) is 14.3. The van der Waals surface area contributed by atoms with Gasteiger partial charge in [0.1, 0.15) is 0 Å². The van der Waals surface area contributed by atoms with Gasteiger partial charge in [-0.05, 0) is 58.2 Å². The van der Waals surface area contributed by atoms with E-state index in [1.165, 1.54) is 11.3 Å². The average molecular weight is 344 g/mol. The summed E-state index contributed by atoms with van der Waals surface area (Å²) in [7, 11) is 0. The Morgan fingerprint density at radius 1 is 0.952 bits per heavy atom. The van der Waals surface area contributed by atoms with Crippen molar-refractivity contribution in [3.8, 4) is 0 Å². The van der Waals surface area contributed by atoms with Gasteiger partial charge in [-0.2, -0.15) is 0 Å². The molecule has 2 amide bonds. The quantitative estimate of drug-likeness (QED) is 0.580. The molecule has 21 heavy (non-hydrogen) atoms. The maximum atomic E-state index is 12.9. The molecule has 106 valence electrons. The number of hydrogen-bond donors (Lipinski definition) is 0. The van der Waals surface area contributed by atoms with E-state index < -0.39 is 0 Å². The Bertz CT molecular complexity index is 676. The van der Waals surface area contributed by atoms with Crippen LogP contribution in [0, 0.1) is 35.5 Å². The number of carbonyl (C=O) groups is 2. The maximum absolute atomic E-state index is 12.9. The Balaban J connectivity index is 1.62. The van der Waals surface area contributed by atoms with E-state index in [0.29, 0.717) is 17.5 Å². The Kier molecular flexibility index (Phi) is 2.23. The summed E-state index contributed by atoms with van der Waals surface area (Å²) in [6.45, 7) is 0. The summed E-state index contributed by atoms with van der Waals surface area (Å²) in [4.78, 5) is 27.2. The monoisotopic (exact) mass is 343 g/mol. The molecule has 0 N–H and O–H groups in total. The predicted octanol–water partition coefficient (Wildman–Crippen LogP) is 3.01. The summed E-state index contributed by atoms with van der Waals surface area (Å²) >= 11 is 3.47. The summed E-state index contributed by atoms with van der Waals surface area (Å²) in [6, 6.07) is 7.48. The van der Waals surface area contributed by atoms with E-state index in [-0.39, 0.29) is 35.5 Å². The van der Waals surface area contributed by atoms with Crippen LogP contribution < -0.4 is 4.90 Å². The van der Waals surface area contributed by atoms with Crippen molar-refractivity contribution in [2.45, 2.75) is 6.42 Å². The lowest BCUT2D eigenvalue weighted by atomic mass is 9.63. The van der Waals surface area contributed by atoms with Crippen LogP contribution in [0.25, 0.3) is 0 Å². The molecule has 6 rings (SSSR count). The van der Waals surface area contributed by atoms with E-state index in [1.54, 1.807) is 0 Å². The van der Waals surface area contributed by atoms with Crippen molar-refractivity contribution < 1.29 is 9.59 Å². The highest BCUT2D eigenvalue weighted by molar-refractivity contribution is 9.10. The molecule has 0 unspecified atom stereocenters. The third-order valence-electron chi connectivity index (χ3n) is 5.76. The van der Waals surface area contributed by atoms with Gasteiger partial charge in [0.15, 0.2) is 0 Å². The Hall–Kier alpha value is -1.42. The molecule has 4 aliphatic carbocycles.